The Hall–Kier alpha value is -2.64. The number of ether oxygens (including phenoxy) is 2. The van der Waals surface area contributed by atoms with Crippen molar-refractivity contribution in [2.24, 2.45) is 0 Å². The molecule has 8 heteroatoms. The lowest BCUT2D eigenvalue weighted by Gasteiger charge is -2.22. The lowest BCUT2D eigenvalue weighted by atomic mass is 9.98. The van der Waals surface area contributed by atoms with Crippen LogP contribution >= 0.6 is 0 Å². The van der Waals surface area contributed by atoms with Gasteiger partial charge in [-0.1, -0.05) is 5.16 Å². The molecule has 0 atom stereocenters. The second-order valence-corrected chi connectivity index (χ2v) is 4.81. The van der Waals surface area contributed by atoms with E-state index in [1.165, 1.54) is 12.1 Å². The summed E-state index contributed by atoms with van der Waals surface area (Å²) in [5.41, 5.74) is -0.319. The lowest BCUT2D eigenvalue weighted by molar-refractivity contribution is 0.0175. The molecule has 6 nitrogen and oxygen atoms in total. The molecule has 0 spiro atoms. The number of hydrogen-bond acceptors (Lipinski definition) is 5. The first-order valence-electron chi connectivity index (χ1n) is 6.38. The van der Waals surface area contributed by atoms with Gasteiger partial charge in [0.15, 0.2) is 11.5 Å². The van der Waals surface area contributed by atoms with Gasteiger partial charge in [0.2, 0.25) is 5.76 Å². The third kappa shape index (κ3) is 2.47. The van der Waals surface area contributed by atoms with E-state index in [9.17, 15) is 13.6 Å². The fourth-order valence-corrected chi connectivity index (χ4v) is 2.17. The molecular weight excluding hydrogens is 300 g/mol. The number of carboxylic acids is 1. The number of aromatic carboxylic acids is 1. The van der Waals surface area contributed by atoms with Gasteiger partial charge in [0.25, 0.3) is 5.92 Å². The Morgan fingerprint density at radius 3 is 2.41 bits per heavy atom. The Balaban J connectivity index is 2.17. The third-order valence-corrected chi connectivity index (χ3v) is 3.15. The van der Waals surface area contributed by atoms with Gasteiger partial charge in [0.05, 0.1) is 0 Å². The molecule has 0 saturated carbocycles. The summed E-state index contributed by atoms with van der Waals surface area (Å²) in [6.45, 7) is 1.31. The summed E-state index contributed by atoms with van der Waals surface area (Å²) in [5, 5.41) is 12.4. The van der Waals surface area contributed by atoms with E-state index < -0.39 is 17.7 Å². The number of carboxylic acid groups (broad SMARTS) is 1. The molecule has 0 aliphatic carbocycles. The highest BCUT2D eigenvalue weighted by molar-refractivity contribution is 5.86. The van der Waals surface area contributed by atoms with E-state index in [-0.39, 0.29) is 29.2 Å². The number of hydrogen-bond donors (Lipinski definition) is 1. The van der Waals surface area contributed by atoms with Crippen molar-refractivity contribution in [3.63, 3.8) is 0 Å². The zero-order valence-electron chi connectivity index (χ0n) is 11.4. The standard InChI is InChI=1S/C14H11F2NO5/c1-14(15,16)8-5-11-10(20-2-3-21-11)4-7(8)9-6-12(13(18)19)22-17-9/h4-6H,2-3H2,1H3,(H,18,19). The van der Waals surface area contributed by atoms with E-state index in [2.05, 4.69) is 9.68 Å². The van der Waals surface area contributed by atoms with E-state index >= 15 is 0 Å². The number of nitrogens with zero attached hydrogens (tertiary/aromatic N) is 1. The molecule has 2 heterocycles. The van der Waals surface area contributed by atoms with Crippen LogP contribution < -0.4 is 9.47 Å². The Labute approximate surface area is 123 Å². The maximum Gasteiger partial charge on any atom is 0.374 e. The summed E-state index contributed by atoms with van der Waals surface area (Å²) in [7, 11) is 0. The van der Waals surface area contributed by atoms with Crippen molar-refractivity contribution < 1.29 is 32.7 Å². The average molecular weight is 311 g/mol. The second kappa shape index (κ2) is 4.97. The van der Waals surface area contributed by atoms with E-state index in [1.54, 1.807) is 0 Å². The third-order valence-electron chi connectivity index (χ3n) is 3.15. The molecule has 1 aliphatic heterocycles. The number of benzene rings is 1. The van der Waals surface area contributed by atoms with Crippen molar-refractivity contribution in [1.82, 2.24) is 5.16 Å². The molecule has 1 aliphatic rings. The second-order valence-electron chi connectivity index (χ2n) is 4.81. The van der Waals surface area contributed by atoms with Crippen LogP contribution in [0.15, 0.2) is 22.7 Å². The number of halogens is 2. The predicted octanol–water partition coefficient (Wildman–Crippen LogP) is 2.92. The monoisotopic (exact) mass is 311 g/mol. The summed E-state index contributed by atoms with van der Waals surface area (Å²) in [5.74, 6) is -4.42. The molecule has 0 fully saturated rings. The summed E-state index contributed by atoms with van der Waals surface area (Å²) in [4.78, 5) is 10.8. The van der Waals surface area contributed by atoms with E-state index in [4.69, 9.17) is 14.6 Å². The van der Waals surface area contributed by atoms with Gasteiger partial charge in [0, 0.05) is 24.1 Å². The Morgan fingerprint density at radius 1 is 1.23 bits per heavy atom. The highest BCUT2D eigenvalue weighted by Crippen LogP contribution is 2.43. The first-order chi connectivity index (χ1) is 10.4. The molecule has 2 aromatic rings. The fourth-order valence-electron chi connectivity index (χ4n) is 2.17. The molecule has 3 rings (SSSR count). The molecule has 0 amide bonds. The minimum absolute atomic E-state index is 0.00843. The van der Waals surface area contributed by atoms with Crippen LogP contribution in [-0.2, 0) is 5.92 Å². The van der Waals surface area contributed by atoms with E-state index in [0.717, 1.165) is 13.0 Å². The lowest BCUT2D eigenvalue weighted by Crippen LogP contribution is -2.17. The molecule has 22 heavy (non-hydrogen) atoms. The molecule has 1 aromatic carbocycles. The number of alkyl halides is 2. The average Bonchev–Trinajstić information content (AvgIpc) is 2.95. The number of aromatic nitrogens is 1. The van der Waals surface area contributed by atoms with Crippen molar-refractivity contribution in [2.75, 3.05) is 13.2 Å². The highest BCUT2D eigenvalue weighted by Gasteiger charge is 2.32. The van der Waals surface area contributed by atoms with E-state index in [1.807, 2.05) is 0 Å². The largest absolute Gasteiger partial charge is 0.486 e. The van der Waals surface area contributed by atoms with Crippen molar-refractivity contribution >= 4 is 5.97 Å². The van der Waals surface area contributed by atoms with Gasteiger partial charge in [-0.2, -0.15) is 0 Å². The molecule has 1 N–H and O–H groups in total. The van der Waals surface area contributed by atoms with Crippen molar-refractivity contribution in [1.29, 1.82) is 0 Å². The summed E-state index contributed by atoms with van der Waals surface area (Å²) >= 11 is 0. The number of fused-ring (bicyclic) bond motifs is 1. The van der Waals surface area contributed by atoms with Gasteiger partial charge in [-0.3, -0.25) is 0 Å². The molecule has 116 valence electrons. The van der Waals surface area contributed by atoms with Crippen molar-refractivity contribution in [3.05, 3.63) is 29.5 Å². The molecule has 0 bridgehead atoms. The molecule has 1 aromatic heterocycles. The number of rotatable bonds is 3. The van der Waals surface area contributed by atoms with Gasteiger partial charge in [-0.15, -0.1) is 0 Å². The van der Waals surface area contributed by atoms with Gasteiger partial charge in [0.1, 0.15) is 18.9 Å². The summed E-state index contributed by atoms with van der Waals surface area (Å²) in [6, 6.07) is 3.62. The zero-order chi connectivity index (χ0) is 15.9. The van der Waals surface area contributed by atoms with E-state index in [0.29, 0.717) is 12.4 Å². The van der Waals surface area contributed by atoms with Crippen LogP contribution in [0.25, 0.3) is 11.3 Å². The minimum Gasteiger partial charge on any atom is -0.486 e. The normalized spacial score (nSPS) is 14.0. The van der Waals surface area contributed by atoms with Crippen LogP contribution in [-0.4, -0.2) is 29.4 Å². The SMILES string of the molecule is CC(F)(F)c1cc2c(cc1-c1cc(C(=O)O)on1)OCCO2. The van der Waals surface area contributed by atoms with Gasteiger partial charge in [-0.05, 0) is 12.1 Å². The van der Waals surface area contributed by atoms with Crippen LogP contribution in [0.5, 0.6) is 11.5 Å². The van der Waals surface area contributed by atoms with Crippen molar-refractivity contribution in [2.45, 2.75) is 12.8 Å². The Bertz CT molecular complexity index is 735. The van der Waals surface area contributed by atoms with Crippen LogP contribution in [0.1, 0.15) is 23.0 Å². The quantitative estimate of drug-likeness (QED) is 0.938. The van der Waals surface area contributed by atoms with Crippen LogP contribution in [0.2, 0.25) is 0 Å². The molecular formula is C14H11F2NO5. The van der Waals surface area contributed by atoms with Crippen LogP contribution in [0.4, 0.5) is 8.78 Å². The van der Waals surface area contributed by atoms with Gasteiger partial charge >= 0.3 is 5.97 Å². The van der Waals surface area contributed by atoms with Crippen molar-refractivity contribution in [3.8, 4) is 22.8 Å². The van der Waals surface area contributed by atoms with Gasteiger partial charge in [-0.25, -0.2) is 13.6 Å². The summed E-state index contributed by atoms with van der Waals surface area (Å²) < 4.78 is 43.0. The minimum atomic E-state index is -3.17. The predicted molar refractivity (Wildman–Crippen MR) is 69.5 cm³/mol. The Kier molecular flexibility index (Phi) is 3.23. The highest BCUT2D eigenvalue weighted by atomic mass is 19.3. The van der Waals surface area contributed by atoms with Crippen LogP contribution in [0, 0.1) is 0 Å². The zero-order valence-corrected chi connectivity index (χ0v) is 11.4. The maximum absolute atomic E-state index is 13.9. The number of carbonyl (C=O) groups is 1. The molecule has 0 unspecified atom stereocenters. The smallest absolute Gasteiger partial charge is 0.374 e. The van der Waals surface area contributed by atoms with Gasteiger partial charge < -0.3 is 19.1 Å². The first kappa shape index (κ1) is 14.3. The Morgan fingerprint density at radius 2 is 1.86 bits per heavy atom. The maximum atomic E-state index is 13.9. The topological polar surface area (TPSA) is 81.8 Å². The molecule has 0 saturated heterocycles. The van der Waals surface area contributed by atoms with Crippen LogP contribution in [0.3, 0.4) is 0 Å². The molecule has 0 radical (unpaired) electrons. The fraction of sp³-hybridized carbons (Fsp3) is 0.286. The first-order valence-corrected chi connectivity index (χ1v) is 6.38. The summed E-state index contributed by atoms with van der Waals surface area (Å²) in [6.07, 6.45) is 0.